The van der Waals surface area contributed by atoms with Gasteiger partial charge in [0.15, 0.2) is 0 Å². The van der Waals surface area contributed by atoms with E-state index >= 15 is 0 Å². The highest BCUT2D eigenvalue weighted by Crippen LogP contribution is 2.30. The van der Waals surface area contributed by atoms with Crippen LogP contribution in [0.4, 0.5) is 5.69 Å². The van der Waals surface area contributed by atoms with Crippen LogP contribution in [0, 0.1) is 0 Å². The van der Waals surface area contributed by atoms with Gasteiger partial charge in [0, 0.05) is 19.3 Å². The summed E-state index contributed by atoms with van der Waals surface area (Å²) < 4.78 is 11.5. The van der Waals surface area contributed by atoms with Crippen LogP contribution in [0.1, 0.15) is 10.5 Å². The van der Waals surface area contributed by atoms with E-state index in [1.165, 1.54) is 17.2 Å². The summed E-state index contributed by atoms with van der Waals surface area (Å²) in [5, 5.41) is 2.71. The Hall–Kier alpha value is -3.87. The van der Waals surface area contributed by atoms with E-state index in [4.69, 9.17) is 9.47 Å². The standard InChI is InChI=1S/C22H19N3O4/c1-25-19-9-5-6-10-20(19)28-14-18(22(25)27)24-21(26)17-13-16(11-12-23-17)29-15-7-3-2-4-8-15/h2-13,18H,14H2,1H3,(H,24,26). The van der Waals surface area contributed by atoms with Crippen molar-refractivity contribution in [2.75, 3.05) is 18.6 Å². The third-order valence-corrected chi connectivity index (χ3v) is 4.51. The topological polar surface area (TPSA) is 80.8 Å². The molecule has 146 valence electrons. The molecule has 4 rings (SSSR count). The van der Waals surface area contributed by atoms with E-state index in [0.717, 1.165) is 0 Å². The highest BCUT2D eigenvalue weighted by Gasteiger charge is 2.30. The Morgan fingerprint density at radius 3 is 2.69 bits per heavy atom. The van der Waals surface area contributed by atoms with Crippen LogP contribution in [0.3, 0.4) is 0 Å². The molecule has 1 unspecified atom stereocenters. The second-order valence-corrected chi connectivity index (χ2v) is 6.49. The maximum absolute atomic E-state index is 12.8. The molecule has 2 amide bonds. The second kappa shape index (κ2) is 8.02. The van der Waals surface area contributed by atoms with Gasteiger partial charge in [0.1, 0.15) is 35.6 Å². The van der Waals surface area contributed by atoms with Gasteiger partial charge in [0.2, 0.25) is 0 Å². The molecule has 1 aromatic heterocycles. The number of ether oxygens (including phenoxy) is 2. The number of amides is 2. The van der Waals surface area contributed by atoms with E-state index < -0.39 is 11.9 Å². The molecule has 0 saturated heterocycles. The lowest BCUT2D eigenvalue weighted by atomic mass is 10.2. The number of para-hydroxylation sites is 3. The van der Waals surface area contributed by atoms with Gasteiger partial charge in [-0.2, -0.15) is 0 Å². The van der Waals surface area contributed by atoms with E-state index in [1.807, 2.05) is 42.5 Å². The number of benzene rings is 2. The molecule has 3 aromatic rings. The van der Waals surface area contributed by atoms with Crippen molar-refractivity contribution in [2.45, 2.75) is 6.04 Å². The van der Waals surface area contributed by atoms with Gasteiger partial charge in [-0.15, -0.1) is 0 Å². The summed E-state index contributed by atoms with van der Waals surface area (Å²) in [6, 6.07) is 18.8. The Kier molecular flexibility index (Phi) is 5.11. The van der Waals surface area contributed by atoms with Crippen molar-refractivity contribution in [1.29, 1.82) is 0 Å². The molecule has 1 atom stereocenters. The van der Waals surface area contributed by atoms with Gasteiger partial charge in [-0.3, -0.25) is 14.6 Å². The number of carbonyl (C=O) groups excluding carboxylic acids is 2. The van der Waals surface area contributed by atoms with Gasteiger partial charge >= 0.3 is 0 Å². The largest absolute Gasteiger partial charge is 0.489 e. The van der Waals surface area contributed by atoms with Crippen molar-refractivity contribution in [2.24, 2.45) is 0 Å². The average molecular weight is 389 g/mol. The Morgan fingerprint density at radius 2 is 1.86 bits per heavy atom. The number of fused-ring (bicyclic) bond motifs is 1. The first-order chi connectivity index (χ1) is 14.1. The van der Waals surface area contributed by atoms with Crippen molar-refractivity contribution < 1.29 is 19.1 Å². The summed E-state index contributed by atoms with van der Waals surface area (Å²) in [4.78, 5) is 31.0. The maximum atomic E-state index is 12.8. The summed E-state index contributed by atoms with van der Waals surface area (Å²) in [6.45, 7) is 0.0339. The lowest BCUT2D eigenvalue weighted by Gasteiger charge is -2.20. The predicted molar refractivity (Wildman–Crippen MR) is 107 cm³/mol. The number of nitrogens with zero attached hydrogens (tertiary/aromatic N) is 2. The van der Waals surface area contributed by atoms with Gasteiger partial charge in [-0.1, -0.05) is 30.3 Å². The summed E-state index contributed by atoms with van der Waals surface area (Å²) >= 11 is 0. The van der Waals surface area contributed by atoms with E-state index in [1.54, 1.807) is 25.2 Å². The molecule has 0 fully saturated rings. The SMILES string of the molecule is CN1C(=O)C(NC(=O)c2cc(Oc3ccccc3)ccn2)COc2ccccc21. The quantitative estimate of drug-likeness (QED) is 0.742. The Morgan fingerprint density at radius 1 is 1.10 bits per heavy atom. The van der Waals surface area contributed by atoms with Crippen molar-refractivity contribution in [3.63, 3.8) is 0 Å². The number of anilines is 1. The molecule has 7 heteroatoms. The smallest absolute Gasteiger partial charge is 0.270 e. The van der Waals surface area contributed by atoms with E-state index in [0.29, 0.717) is 22.9 Å². The van der Waals surface area contributed by atoms with Crippen LogP contribution in [0.5, 0.6) is 17.2 Å². The zero-order valence-corrected chi connectivity index (χ0v) is 15.7. The third-order valence-electron chi connectivity index (χ3n) is 4.51. The monoisotopic (exact) mass is 389 g/mol. The average Bonchev–Trinajstić information content (AvgIpc) is 2.87. The predicted octanol–water partition coefficient (Wildman–Crippen LogP) is 3.03. The second-order valence-electron chi connectivity index (χ2n) is 6.49. The van der Waals surface area contributed by atoms with Crippen molar-refractivity contribution in [1.82, 2.24) is 10.3 Å². The number of hydrogen-bond donors (Lipinski definition) is 1. The molecular weight excluding hydrogens is 370 g/mol. The summed E-state index contributed by atoms with van der Waals surface area (Å²) in [7, 11) is 1.65. The third kappa shape index (κ3) is 4.03. The number of pyridine rings is 1. The van der Waals surface area contributed by atoms with Crippen LogP contribution in [0.15, 0.2) is 72.9 Å². The minimum Gasteiger partial charge on any atom is -0.489 e. The van der Waals surface area contributed by atoms with Gasteiger partial charge in [0.05, 0.1) is 5.69 Å². The van der Waals surface area contributed by atoms with Crippen LogP contribution in [-0.4, -0.2) is 36.5 Å². The number of likely N-dealkylation sites (N-methyl/N-ethyl adjacent to an activating group) is 1. The minimum absolute atomic E-state index is 0.0339. The molecule has 1 N–H and O–H groups in total. The highest BCUT2D eigenvalue weighted by molar-refractivity contribution is 6.02. The van der Waals surface area contributed by atoms with E-state index in [2.05, 4.69) is 10.3 Å². The lowest BCUT2D eigenvalue weighted by molar-refractivity contribution is -0.120. The summed E-state index contributed by atoms with van der Waals surface area (Å²) in [5.74, 6) is 0.974. The van der Waals surface area contributed by atoms with Gasteiger partial charge in [-0.25, -0.2) is 0 Å². The summed E-state index contributed by atoms with van der Waals surface area (Å²) in [6.07, 6.45) is 1.49. The van der Waals surface area contributed by atoms with Gasteiger partial charge < -0.3 is 19.7 Å². The number of nitrogens with one attached hydrogen (secondary N) is 1. The van der Waals surface area contributed by atoms with Crippen LogP contribution >= 0.6 is 0 Å². The maximum Gasteiger partial charge on any atom is 0.270 e. The van der Waals surface area contributed by atoms with Crippen LogP contribution in [-0.2, 0) is 4.79 Å². The van der Waals surface area contributed by atoms with Crippen molar-refractivity contribution in [3.05, 3.63) is 78.6 Å². The fourth-order valence-corrected chi connectivity index (χ4v) is 3.01. The first-order valence-electron chi connectivity index (χ1n) is 9.11. The molecule has 29 heavy (non-hydrogen) atoms. The van der Waals surface area contributed by atoms with Gasteiger partial charge in [0.25, 0.3) is 11.8 Å². The Labute approximate surface area is 167 Å². The van der Waals surface area contributed by atoms with Crippen LogP contribution in [0.2, 0.25) is 0 Å². The van der Waals surface area contributed by atoms with Gasteiger partial charge in [-0.05, 0) is 30.3 Å². The first-order valence-corrected chi connectivity index (χ1v) is 9.11. The molecular formula is C22H19N3O4. The normalized spacial score (nSPS) is 15.7. The molecule has 1 aliphatic rings. The fourth-order valence-electron chi connectivity index (χ4n) is 3.01. The minimum atomic E-state index is -0.833. The van der Waals surface area contributed by atoms with Crippen molar-refractivity contribution >= 4 is 17.5 Å². The molecule has 7 nitrogen and oxygen atoms in total. The Bertz CT molecular complexity index is 1040. The zero-order chi connectivity index (χ0) is 20.2. The highest BCUT2D eigenvalue weighted by atomic mass is 16.5. The van der Waals surface area contributed by atoms with Crippen LogP contribution in [0.25, 0.3) is 0 Å². The molecule has 2 heterocycles. The first kappa shape index (κ1) is 18.5. The number of hydrogen-bond acceptors (Lipinski definition) is 5. The molecule has 0 spiro atoms. The van der Waals surface area contributed by atoms with E-state index in [-0.39, 0.29) is 18.2 Å². The molecule has 1 aliphatic heterocycles. The van der Waals surface area contributed by atoms with Crippen LogP contribution < -0.4 is 19.7 Å². The van der Waals surface area contributed by atoms with Crippen molar-refractivity contribution in [3.8, 4) is 17.2 Å². The number of aromatic nitrogens is 1. The molecule has 0 radical (unpaired) electrons. The Balaban J connectivity index is 1.48. The van der Waals surface area contributed by atoms with E-state index in [9.17, 15) is 9.59 Å². The molecule has 2 aromatic carbocycles. The number of rotatable bonds is 4. The molecule has 0 bridgehead atoms. The zero-order valence-electron chi connectivity index (χ0n) is 15.7. The molecule has 0 saturated carbocycles. The molecule has 0 aliphatic carbocycles. The lowest BCUT2D eigenvalue weighted by Crippen LogP contribution is -2.49. The summed E-state index contributed by atoms with van der Waals surface area (Å²) in [5.41, 5.74) is 0.807. The fraction of sp³-hybridized carbons (Fsp3) is 0.136. The number of carbonyl (C=O) groups is 2.